The van der Waals surface area contributed by atoms with Crippen molar-refractivity contribution < 1.29 is 19.8 Å². The fourth-order valence-corrected chi connectivity index (χ4v) is 13.3. The SMILES string of the molecule is O=C(O)c1[nH]c(Cc2sc(Cc3[nH]c(C(=O)O)c4c3C3CCC35CC45)c3c2C2=CC3CC2)c2c1C1CCC23CCC13. The van der Waals surface area contributed by atoms with Crippen LogP contribution in [0.4, 0.5) is 0 Å². The number of carboxylic acids is 2. The lowest BCUT2D eigenvalue weighted by Crippen LogP contribution is -2.38. The van der Waals surface area contributed by atoms with Crippen molar-refractivity contribution >= 4 is 28.8 Å². The standard InChI is InChI=1S/C34H32N2O4S/c37-31(38)29-25-15-3-6-33(7-4-16(15)33)28(25)20(36-29)11-22-24-14-2-1-13(9-14)23(24)21(41-22)10-19-26-17-5-8-34(17)12-18(34)27(26)30(35-19)32(39)40/h9,13,15-18,35-36H,1-8,10-12H2,(H,37,38)(H,39,40). The van der Waals surface area contributed by atoms with E-state index in [0.29, 0.717) is 46.4 Å². The van der Waals surface area contributed by atoms with Gasteiger partial charge in [-0.3, -0.25) is 0 Å². The Morgan fingerprint density at radius 2 is 1.63 bits per heavy atom. The van der Waals surface area contributed by atoms with Crippen LogP contribution < -0.4 is 0 Å². The van der Waals surface area contributed by atoms with Gasteiger partial charge in [-0.2, -0.15) is 0 Å². The third kappa shape index (κ3) is 2.34. The molecule has 0 radical (unpaired) electrons. The molecule has 4 fully saturated rings. The number of thiophene rings is 1. The summed E-state index contributed by atoms with van der Waals surface area (Å²) < 4.78 is 0. The van der Waals surface area contributed by atoms with Crippen molar-refractivity contribution in [2.45, 2.75) is 99.7 Å². The van der Waals surface area contributed by atoms with Gasteiger partial charge in [0.15, 0.2) is 0 Å². The zero-order valence-electron chi connectivity index (χ0n) is 22.9. The summed E-state index contributed by atoms with van der Waals surface area (Å²) in [7, 11) is 0. The topological polar surface area (TPSA) is 106 Å². The molecule has 7 unspecified atom stereocenters. The van der Waals surface area contributed by atoms with Crippen LogP contribution in [0.1, 0.15) is 157 Å². The third-order valence-electron chi connectivity index (χ3n) is 13.6. The van der Waals surface area contributed by atoms with Crippen molar-refractivity contribution in [2.75, 3.05) is 0 Å². The molecule has 4 N–H and O–H groups in total. The summed E-state index contributed by atoms with van der Waals surface area (Å²) in [5.74, 6) is 0.942. The van der Waals surface area contributed by atoms with Crippen molar-refractivity contribution in [2.24, 2.45) is 11.3 Å². The minimum absolute atomic E-state index is 0.221. The van der Waals surface area contributed by atoms with Gasteiger partial charge in [-0.25, -0.2) is 9.59 Å². The van der Waals surface area contributed by atoms with Crippen molar-refractivity contribution in [1.82, 2.24) is 9.97 Å². The van der Waals surface area contributed by atoms with E-state index in [0.717, 1.165) is 48.2 Å². The highest BCUT2D eigenvalue weighted by molar-refractivity contribution is 7.12. The number of allylic oxidation sites excluding steroid dienone is 2. The maximum absolute atomic E-state index is 12.4. The second kappa shape index (κ2) is 6.77. The van der Waals surface area contributed by atoms with E-state index in [4.69, 9.17) is 0 Å². The number of aromatic nitrogens is 2. The first-order valence-electron chi connectivity index (χ1n) is 15.7. The fraction of sp³-hybridized carbons (Fsp3) is 0.529. The molecule has 0 amide bonds. The predicted octanol–water partition coefficient (Wildman–Crippen LogP) is 7.16. The van der Waals surface area contributed by atoms with Crippen molar-refractivity contribution in [3.05, 3.63) is 72.0 Å². The van der Waals surface area contributed by atoms with Gasteiger partial charge in [-0.15, -0.1) is 11.3 Å². The van der Waals surface area contributed by atoms with Gasteiger partial charge in [0.2, 0.25) is 0 Å². The van der Waals surface area contributed by atoms with Crippen LogP contribution >= 0.6 is 11.3 Å². The van der Waals surface area contributed by atoms with Crippen LogP contribution in [-0.2, 0) is 18.3 Å². The van der Waals surface area contributed by atoms with E-state index < -0.39 is 11.9 Å². The highest BCUT2D eigenvalue weighted by atomic mass is 32.1. The lowest BCUT2D eigenvalue weighted by molar-refractivity contribution is 0.0678. The largest absolute Gasteiger partial charge is 0.477 e. The average molecular weight is 565 g/mol. The number of aromatic carboxylic acids is 2. The number of rotatable bonds is 6. The van der Waals surface area contributed by atoms with Crippen molar-refractivity contribution in [3.63, 3.8) is 0 Å². The molecule has 3 aromatic rings. The monoisotopic (exact) mass is 564 g/mol. The quantitative estimate of drug-likeness (QED) is 0.255. The number of hydrogen-bond donors (Lipinski definition) is 4. The van der Waals surface area contributed by atoms with Crippen LogP contribution in [0.5, 0.6) is 0 Å². The minimum atomic E-state index is -0.811. The normalized spacial score (nSPS) is 36.6. The van der Waals surface area contributed by atoms with E-state index in [1.807, 2.05) is 11.3 Å². The molecule has 0 aliphatic heterocycles. The second-order valence-electron chi connectivity index (χ2n) is 14.6. The molecule has 4 saturated carbocycles. The van der Waals surface area contributed by atoms with E-state index >= 15 is 0 Å². The first kappa shape index (κ1) is 22.5. The highest BCUT2D eigenvalue weighted by Crippen LogP contribution is 2.82. The molecule has 8 aliphatic rings. The van der Waals surface area contributed by atoms with E-state index in [-0.39, 0.29) is 5.41 Å². The molecule has 0 saturated heterocycles. The number of nitrogens with one attached hydrogen (secondary N) is 2. The van der Waals surface area contributed by atoms with Gasteiger partial charge in [-0.1, -0.05) is 6.08 Å². The summed E-state index contributed by atoms with van der Waals surface area (Å²) in [5, 5.41) is 20.2. The van der Waals surface area contributed by atoms with Crippen LogP contribution in [0, 0.1) is 11.3 Å². The summed E-state index contributed by atoms with van der Waals surface area (Å²) in [6.07, 6.45) is 14.8. The third-order valence-corrected chi connectivity index (χ3v) is 14.8. The fourth-order valence-electron chi connectivity index (χ4n) is 11.9. The molecule has 4 bridgehead atoms. The summed E-state index contributed by atoms with van der Waals surface area (Å²) in [4.78, 5) is 34.3. The summed E-state index contributed by atoms with van der Waals surface area (Å²) in [6, 6.07) is 0. The smallest absolute Gasteiger partial charge is 0.352 e. The van der Waals surface area contributed by atoms with Gasteiger partial charge in [0.25, 0.3) is 0 Å². The molecule has 6 nitrogen and oxygen atoms in total. The molecule has 3 aromatic heterocycles. The van der Waals surface area contributed by atoms with Gasteiger partial charge in [0.05, 0.1) is 0 Å². The number of H-pyrrole nitrogens is 2. The Balaban J connectivity index is 1.03. The first-order chi connectivity index (χ1) is 19.9. The van der Waals surface area contributed by atoms with Gasteiger partial charge in [0.1, 0.15) is 11.4 Å². The molecule has 1 spiro atoms. The maximum atomic E-state index is 12.4. The van der Waals surface area contributed by atoms with Crippen molar-refractivity contribution in [3.8, 4) is 0 Å². The number of carboxylic acid groups (broad SMARTS) is 2. The van der Waals surface area contributed by atoms with Gasteiger partial charge in [0, 0.05) is 45.3 Å². The Kier molecular flexibility index (Phi) is 3.72. The molecule has 7 atom stereocenters. The molecule has 8 aliphatic carbocycles. The van der Waals surface area contributed by atoms with Gasteiger partial charge >= 0.3 is 11.9 Å². The molecular formula is C34H32N2O4S. The zero-order valence-corrected chi connectivity index (χ0v) is 23.7. The minimum Gasteiger partial charge on any atom is -0.477 e. The van der Waals surface area contributed by atoms with Crippen LogP contribution in [-0.4, -0.2) is 32.1 Å². The molecule has 11 rings (SSSR count). The number of hydrogen-bond acceptors (Lipinski definition) is 3. The molecule has 208 valence electrons. The molecule has 0 aromatic carbocycles. The summed E-state index contributed by atoms with van der Waals surface area (Å²) >= 11 is 1.92. The van der Waals surface area contributed by atoms with Crippen LogP contribution in [0.15, 0.2) is 6.08 Å². The van der Waals surface area contributed by atoms with Crippen LogP contribution in [0.3, 0.4) is 0 Å². The zero-order chi connectivity index (χ0) is 27.2. The van der Waals surface area contributed by atoms with E-state index in [1.165, 1.54) is 82.5 Å². The van der Waals surface area contributed by atoms with E-state index in [2.05, 4.69) is 16.0 Å². The lowest BCUT2D eigenvalue weighted by Gasteiger charge is -2.43. The van der Waals surface area contributed by atoms with Crippen molar-refractivity contribution in [1.29, 1.82) is 0 Å². The van der Waals surface area contributed by atoms with E-state index in [1.54, 1.807) is 0 Å². The number of carbonyl (C=O) groups is 2. The van der Waals surface area contributed by atoms with Crippen LogP contribution in [0.2, 0.25) is 0 Å². The number of fused-ring (bicyclic) bond motifs is 9. The Morgan fingerprint density at radius 1 is 0.854 bits per heavy atom. The Labute approximate surface area is 241 Å². The van der Waals surface area contributed by atoms with Gasteiger partial charge < -0.3 is 20.2 Å². The highest BCUT2D eigenvalue weighted by Gasteiger charge is 2.71. The molecule has 3 heterocycles. The van der Waals surface area contributed by atoms with Crippen LogP contribution in [0.25, 0.3) is 5.57 Å². The number of aromatic amines is 2. The Bertz CT molecular complexity index is 1850. The average Bonchev–Trinajstić information content (AvgIpc) is 3.57. The first-order valence-corrected chi connectivity index (χ1v) is 16.5. The van der Waals surface area contributed by atoms with E-state index in [9.17, 15) is 19.8 Å². The molecular weight excluding hydrogens is 532 g/mol. The van der Waals surface area contributed by atoms with Gasteiger partial charge in [-0.05, 0) is 126 Å². The summed E-state index contributed by atoms with van der Waals surface area (Å²) in [6.45, 7) is 0. The Hall–Kier alpha value is -3.06. The summed E-state index contributed by atoms with van der Waals surface area (Å²) in [5.41, 5.74) is 13.3. The maximum Gasteiger partial charge on any atom is 0.352 e. The lowest BCUT2D eigenvalue weighted by atomic mass is 9.61. The Morgan fingerprint density at radius 3 is 2.39 bits per heavy atom. The predicted molar refractivity (Wildman–Crippen MR) is 154 cm³/mol. The second-order valence-corrected chi connectivity index (χ2v) is 15.8. The molecule has 41 heavy (non-hydrogen) atoms. The molecule has 7 heteroatoms.